The van der Waals surface area contributed by atoms with Gasteiger partial charge in [-0.3, -0.25) is 9.69 Å². The van der Waals surface area contributed by atoms with Crippen LogP contribution in [0.4, 0.5) is 19.0 Å². The van der Waals surface area contributed by atoms with Crippen molar-refractivity contribution in [3.63, 3.8) is 0 Å². The average Bonchev–Trinajstić information content (AvgIpc) is 3.08. The van der Waals surface area contributed by atoms with Crippen molar-refractivity contribution in [2.45, 2.75) is 24.7 Å². The molecule has 0 bridgehead atoms. The van der Waals surface area contributed by atoms with Crippen LogP contribution in [0.1, 0.15) is 22.8 Å². The maximum absolute atomic E-state index is 13.2. The monoisotopic (exact) mass is 377 g/mol. The van der Waals surface area contributed by atoms with Crippen molar-refractivity contribution in [1.82, 2.24) is 4.98 Å². The van der Waals surface area contributed by atoms with Gasteiger partial charge in [-0.2, -0.15) is 13.2 Å². The number of benzene rings is 1. The maximum atomic E-state index is 13.2. The third-order valence-electron chi connectivity index (χ3n) is 4.31. The van der Waals surface area contributed by atoms with Crippen LogP contribution >= 0.6 is 0 Å². The SMILES string of the molecule is [N-]=[N+]=N[C@H](C(=O)N1CCc2cccnc21)[C@@H](O)c1ccccc1C(F)(F)F. The van der Waals surface area contributed by atoms with Crippen molar-refractivity contribution in [1.29, 1.82) is 0 Å². The second-order valence-corrected chi connectivity index (χ2v) is 5.91. The molecule has 0 fully saturated rings. The zero-order valence-corrected chi connectivity index (χ0v) is 13.8. The number of aliphatic hydroxyl groups excluding tert-OH is 1. The van der Waals surface area contributed by atoms with Gasteiger partial charge in [0.2, 0.25) is 5.91 Å². The van der Waals surface area contributed by atoms with Gasteiger partial charge in [0.05, 0.1) is 11.7 Å². The van der Waals surface area contributed by atoms with E-state index in [2.05, 4.69) is 15.0 Å². The normalized spacial score (nSPS) is 15.6. The molecule has 2 heterocycles. The molecule has 0 saturated heterocycles. The lowest BCUT2D eigenvalue weighted by Gasteiger charge is -2.25. The number of azide groups is 1. The smallest absolute Gasteiger partial charge is 0.387 e. The van der Waals surface area contributed by atoms with E-state index in [0.29, 0.717) is 12.2 Å². The van der Waals surface area contributed by atoms with E-state index >= 15 is 0 Å². The van der Waals surface area contributed by atoms with Crippen molar-refractivity contribution in [3.8, 4) is 0 Å². The number of carbonyl (C=O) groups is 1. The van der Waals surface area contributed by atoms with Gasteiger partial charge in [-0.05, 0) is 35.2 Å². The lowest BCUT2D eigenvalue weighted by Crippen LogP contribution is -2.41. The predicted molar refractivity (Wildman–Crippen MR) is 89.6 cm³/mol. The Morgan fingerprint density at radius 3 is 2.74 bits per heavy atom. The lowest BCUT2D eigenvalue weighted by molar-refractivity contribution is -0.140. The zero-order chi connectivity index (χ0) is 19.6. The van der Waals surface area contributed by atoms with E-state index in [1.54, 1.807) is 12.1 Å². The quantitative estimate of drug-likeness (QED) is 0.502. The molecule has 7 nitrogen and oxygen atoms in total. The Labute approximate surface area is 151 Å². The molecule has 3 rings (SSSR count). The number of hydrogen-bond acceptors (Lipinski definition) is 4. The highest BCUT2D eigenvalue weighted by molar-refractivity contribution is 5.98. The summed E-state index contributed by atoms with van der Waals surface area (Å²) < 4.78 is 39.7. The van der Waals surface area contributed by atoms with Gasteiger partial charge in [0.15, 0.2) is 0 Å². The second-order valence-electron chi connectivity index (χ2n) is 5.91. The van der Waals surface area contributed by atoms with E-state index in [4.69, 9.17) is 5.53 Å². The maximum Gasteiger partial charge on any atom is 0.416 e. The Morgan fingerprint density at radius 2 is 2.04 bits per heavy atom. The lowest BCUT2D eigenvalue weighted by atomic mass is 9.96. The van der Waals surface area contributed by atoms with Crippen LogP contribution in [0.15, 0.2) is 47.7 Å². The van der Waals surface area contributed by atoms with E-state index in [9.17, 15) is 23.1 Å². The molecule has 27 heavy (non-hydrogen) atoms. The highest BCUT2D eigenvalue weighted by atomic mass is 19.4. The summed E-state index contributed by atoms with van der Waals surface area (Å²) in [6.07, 6.45) is -4.71. The molecule has 1 N–H and O–H groups in total. The number of alkyl halides is 3. The first kappa shape index (κ1) is 18.7. The Morgan fingerprint density at radius 1 is 1.30 bits per heavy atom. The van der Waals surface area contributed by atoms with Crippen molar-refractivity contribution in [2.24, 2.45) is 5.11 Å². The van der Waals surface area contributed by atoms with Crippen LogP contribution < -0.4 is 4.90 Å². The number of fused-ring (bicyclic) bond motifs is 1. The first-order chi connectivity index (χ1) is 12.8. The van der Waals surface area contributed by atoms with E-state index in [1.807, 2.05) is 0 Å². The van der Waals surface area contributed by atoms with Gasteiger partial charge >= 0.3 is 6.18 Å². The third kappa shape index (κ3) is 3.57. The summed E-state index contributed by atoms with van der Waals surface area (Å²) >= 11 is 0. The fourth-order valence-corrected chi connectivity index (χ4v) is 3.07. The first-order valence-corrected chi connectivity index (χ1v) is 7.98. The number of carbonyl (C=O) groups excluding carboxylic acids is 1. The summed E-state index contributed by atoms with van der Waals surface area (Å²) in [6.45, 7) is 0.232. The zero-order valence-electron chi connectivity index (χ0n) is 13.8. The minimum Gasteiger partial charge on any atom is -0.387 e. The van der Waals surface area contributed by atoms with Crippen molar-refractivity contribution < 1.29 is 23.1 Å². The van der Waals surface area contributed by atoms with Crippen LogP contribution in [0, 0.1) is 0 Å². The van der Waals surface area contributed by atoms with Crippen LogP contribution in [0.2, 0.25) is 0 Å². The molecular weight excluding hydrogens is 363 g/mol. The Kier molecular flexibility index (Phi) is 5.02. The molecule has 2 atom stereocenters. The van der Waals surface area contributed by atoms with Crippen LogP contribution in [0.25, 0.3) is 10.4 Å². The van der Waals surface area contributed by atoms with E-state index in [-0.39, 0.29) is 6.54 Å². The van der Waals surface area contributed by atoms with Gasteiger partial charge < -0.3 is 5.11 Å². The average molecular weight is 377 g/mol. The van der Waals surface area contributed by atoms with Crippen molar-refractivity contribution in [3.05, 3.63) is 69.7 Å². The summed E-state index contributed by atoms with van der Waals surface area (Å²) in [5.74, 6) is -0.466. The molecule has 0 spiro atoms. The third-order valence-corrected chi connectivity index (χ3v) is 4.31. The highest BCUT2D eigenvalue weighted by Gasteiger charge is 2.40. The fourth-order valence-electron chi connectivity index (χ4n) is 3.07. The van der Waals surface area contributed by atoms with E-state index in [0.717, 1.165) is 17.7 Å². The fraction of sp³-hybridized carbons (Fsp3) is 0.294. The van der Waals surface area contributed by atoms with Gasteiger partial charge in [0.25, 0.3) is 0 Å². The van der Waals surface area contributed by atoms with Crippen molar-refractivity contribution >= 4 is 11.7 Å². The van der Waals surface area contributed by atoms with Gasteiger partial charge in [-0.25, -0.2) is 4.98 Å². The largest absolute Gasteiger partial charge is 0.416 e. The van der Waals surface area contributed by atoms with E-state index < -0.39 is 35.4 Å². The van der Waals surface area contributed by atoms with Crippen LogP contribution in [0.3, 0.4) is 0 Å². The number of anilines is 1. The Bertz CT molecular complexity index is 911. The number of rotatable bonds is 4. The molecule has 1 aliphatic rings. The Balaban J connectivity index is 1.98. The standard InChI is InChI=1S/C17H14F3N5O2/c18-17(19,20)12-6-2-1-5-11(12)14(26)13(23-24-21)16(27)25-9-7-10-4-3-8-22-15(10)25/h1-6,8,13-14,26H,7,9H2/t13-,14-/m0/s1. The number of halogens is 3. The number of aliphatic hydroxyl groups is 1. The summed E-state index contributed by atoms with van der Waals surface area (Å²) in [4.78, 5) is 20.7. The molecule has 1 aliphatic heterocycles. The molecule has 1 aromatic heterocycles. The highest BCUT2D eigenvalue weighted by Crippen LogP contribution is 2.37. The summed E-state index contributed by atoms with van der Waals surface area (Å²) in [7, 11) is 0. The van der Waals surface area contributed by atoms with Crippen LogP contribution in [-0.2, 0) is 17.4 Å². The topological polar surface area (TPSA) is 102 Å². The molecule has 2 aromatic rings. The molecule has 140 valence electrons. The van der Waals surface area contributed by atoms with Crippen LogP contribution in [-0.4, -0.2) is 28.6 Å². The summed E-state index contributed by atoms with van der Waals surface area (Å²) in [5, 5.41) is 13.8. The summed E-state index contributed by atoms with van der Waals surface area (Å²) in [6, 6.07) is 6.04. The number of amides is 1. The van der Waals surface area contributed by atoms with Crippen molar-refractivity contribution in [2.75, 3.05) is 11.4 Å². The molecule has 1 amide bonds. The Hall–Kier alpha value is -3.10. The molecule has 0 radical (unpaired) electrons. The number of pyridine rings is 1. The molecule has 0 aliphatic carbocycles. The van der Waals surface area contributed by atoms with Gasteiger partial charge in [0, 0.05) is 17.7 Å². The number of hydrogen-bond donors (Lipinski definition) is 1. The molecule has 0 saturated carbocycles. The van der Waals surface area contributed by atoms with Gasteiger partial charge in [-0.15, -0.1) is 0 Å². The minimum absolute atomic E-state index is 0.232. The van der Waals surface area contributed by atoms with Gasteiger partial charge in [-0.1, -0.05) is 29.4 Å². The van der Waals surface area contributed by atoms with E-state index in [1.165, 1.54) is 23.2 Å². The molecule has 0 unspecified atom stereocenters. The molecular formula is C17H14F3N5O2. The summed E-state index contributed by atoms with van der Waals surface area (Å²) in [5.41, 5.74) is 7.95. The number of nitrogens with zero attached hydrogens (tertiary/aromatic N) is 5. The molecule has 10 heteroatoms. The predicted octanol–water partition coefficient (Wildman–Crippen LogP) is 3.40. The first-order valence-electron chi connectivity index (χ1n) is 7.98. The minimum atomic E-state index is -4.73. The molecule has 1 aromatic carbocycles. The van der Waals surface area contributed by atoms with Crippen LogP contribution in [0.5, 0.6) is 0 Å². The number of aromatic nitrogens is 1. The van der Waals surface area contributed by atoms with Gasteiger partial charge in [0.1, 0.15) is 11.9 Å². The second kappa shape index (κ2) is 7.26.